The topological polar surface area (TPSA) is 84.5 Å². The van der Waals surface area contributed by atoms with Crippen LogP contribution in [0.4, 0.5) is 18.0 Å². The third-order valence-corrected chi connectivity index (χ3v) is 5.21. The first-order valence-corrected chi connectivity index (χ1v) is 10.0. The van der Waals surface area contributed by atoms with Crippen LogP contribution in [0.15, 0.2) is 59.5 Å². The number of rotatable bonds is 6. The molecule has 0 unspecified atom stereocenters. The van der Waals surface area contributed by atoms with Crippen molar-refractivity contribution in [3.8, 4) is 5.75 Å². The molecular formula is C22H17F3N2O4S. The quantitative estimate of drug-likeness (QED) is 0.617. The Morgan fingerprint density at radius 3 is 2.47 bits per heavy atom. The summed E-state index contributed by atoms with van der Waals surface area (Å²) in [6, 6.07) is 9.39. The summed E-state index contributed by atoms with van der Waals surface area (Å²) in [5, 5.41) is 4.37. The minimum Gasteiger partial charge on any atom is -0.496 e. The molecule has 0 radical (unpaired) electrons. The first kappa shape index (κ1) is 23.1. The zero-order chi connectivity index (χ0) is 23.3. The van der Waals surface area contributed by atoms with Crippen molar-refractivity contribution < 1.29 is 32.3 Å². The van der Waals surface area contributed by atoms with E-state index >= 15 is 0 Å². The molecule has 3 amide bonds. The molecule has 32 heavy (non-hydrogen) atoms. The highest BCUT2D eigenvalue weighted by Crippen LogP contribution is 2.29. The Labute approximate surface area is 185 Å². The maximum atomic E-state index is 12.7. The highest BCUT2D eigenvalue weighted by molar-refractivity contribution is 8.18. The number of carbonyl (C=O) groups excluding carboxylic acids is 3. The van der Waals surface area contributed by atoms with Crippen LogP contribution in [0.3, 0.4) is 0 Å². The Morgan fingerprint density at radius 1 is 1.16 bits per heavy atom. The van der Waals surface area contributed by atoms with E-state index < -0.39 is 28.8 Å². The molecule has 0 bridgehead atoms. The van der Waals surface area contributed by atoms with E-state index in [0.29, 0.717) is 16.9 Å². The predicted molar refractivity (Wildman–Crippen MR) is 114 cm³/mol. The summed E-state index contributed by atoms with van der Waals surface area (Å²) in [6.07, 6.45) is 0.288. The molecule has 1 fully saturated rings. The number of hydrogen-bond acceptors (Lipinski definition) is 5. The monoisotopic (exact) mass is 462 g/mol. The zero-order valence-corrected chi connectivity index (χ0v) is 17.5. The summed E-state index contributed by atoms with van der Waals surface area (Å²) < 4.78 is 43.2. The van der Waals surface area contributed by atoms with Gasteiger partial charge in [-0.15, -0.1) is 0 Å². The largest absolute Gasteiger partial charge is 0.496 e. The number of benzene rings is 2. The van der Waals surface area contributed by atoms with Crippen molar-refractivity contribution >= 4 is 34.9 Å². The number of halogens is 3. The minimum atomic E-state index is -4.42. The fourth-order valence-corrected chi connectivity index (χ4v) is 3.41. The molecule has 0 saturated carbocycles. The lowest BCUT2D eigenvalue weighted by atomic mass is 10.1. The molecule has 10 heteroatoms. The maximum absolute atomic E-state index is 12.7. The molecule has 2 N–H and O–H groups in total. The summed E-state index contributed by atoms with van der Waals surface area (Å²) in [7, 11) is 1.41. The number of carbonyl (C=O) groups is 3. The smallest absolute Gasteiger partial charge is 0.416 e. The lowest BCUT2D eigenvalue weighted by molar-refractivity contribution is -0.137. The van der Waals surface area contributed by atoms with Gasteiger partial charge in [0.1, 0.15) is 5.75 Å². The number of thioether (sulfide) groups is 1. The Balaban J connectivity index is 1.70. The standard InChI is InChI=1S/C22H17F3N2O4S/c1-31-17-10-7-13(3-2-4-18-20(29)27-21(30)32-18)11-16(17)19(28)26-12-14-5-8-15(9-6-14)22(23,24)25/h2-11H,12H2,1H3,(H,26,28)(H,27,29,30). The van der Waals surface area contributed by atoms with Gasteiger partial charge in [0.05, 0.1) is 23.1 Å². The van der Waals surface area contributed by atoms with Crippen LogP contribution in [0.2, 0.25) is 0 Å². The van der Waals surface area contributed by atoms with Crippen molar-refractivity contribution in [2.75, 3.05) is 7.11 Å². The molecule has 0 atom stereocenters. The molecule has 1 heterocycles. The van der Waals surface area contributed by atoms with Crippen LogP contribution in [-0.2, 0) is 17.5 Å². The van der Waals surface area contributed by atoms with Crippen LogP contribution in [0, 0.1) is 0 Å². The zero-order valence-electron chi connectivity index (χ0n) is 16.7. The van der Waals surface area contributed by atoms with Crippen molar-refractivity contribution in [2.24, 2.45) is 0 Å². The molecule has 1 saturated heterocycles. The molecule has 2 aromatic carbocycles. The van der Waals surface area contributed by atoms with E-state index in [9.17, 15) is 27.6 Å². The summed E-state index contributed by atoms with van der Waals surface area (Å²) in [5.41, 5.74) is 0.617. The minimum absolute atomic E-state index is 0.0344. The Morgan fingerprint density at radius 2 is 1.88 bits per heavy atom. The average Bonchev–Trinajstić information content (AvgIpc) is 3.08. The maximum Gasteiger partial charge on any atom is 0.416 e. The number of hydrogen-bond donors (Lipinski definition) is 2. The van der Waals surface area contributed by atoms with E-state index in [1.165, 1.54) is 25.3 Å². The van der Waals surface area contributed by atoms with E-state index in [-0.39, 0.29) is 17.0 Å². The SMILES string of the molecule is COc1ccc(C=CC=C2SC(=O)NC2=O)cc1C(=O)NCc1ccc(C(F)(F)F)cc1. The molecule has 0 spiro atoms. The Bertz CT molecular complexity index is 1110. The van der Waals surface area contributed by atoms with Crippen molar-refractivity contribution in [2.45, 2.75) is 12.7 Å². The van der Waals surface area contributed by atoms with Gasteiger partial charge in [-0.25, -0.2) is 0 Å². The van der Waals surface area contributed by atoms with Crippen molar-refractivity contribution in [3.63, 3.8) is 0 Å². The molecule has 0 aromatic heterocycles. The molecule has 2 aromatic rings. The van der Waals surface area contributed by atoms with Crippen LogP contribution in [-0.4, -0.2) is 24.2 Å². The highest BCUT2D eigenvalue weighted by Gasteiger charge is 2.30. The van der Waals surface area contributed by atoms with Crippen LogP contribution in [0.5, 0.6) is 5.75 Å². The lowest BCUT2D eigenvalue weighted by Crippen LogP contribution is -2.23. The third-order valence-electron chi connectivity index (χ3n) is 4.38. The van der Waals surface area contributed by atoms with Crippen LogP contribution < -0.4 is 15.4 Å². The van der Waals surface area contributed by atoms with Gasteiger partial charge in [0.15, 0.2) is 0 Å². The van der Waals surface area contributed by atoms with Crippen molar-refractivity contribution in [3.05, 3.63) is 81.8 Å². The van der Waals surface area contributed by atoms with E-state index in [1.54, 1.807) is 30.4 Å². The van der Waals surface area contributed by atoms with Gasteiger partial charge < -0.3 is 10.1 Å². The van der Waals surface area contributed by atoms with Gasteiger partial charge >= 0.3 is 6.18 Å². The van der Waals surface area contributed by atoms with E-state index in [0.717, 1.165) is 23.9 Å². The second-order valence-electron chi connectivity index (χ2n) is 6.57. The van der Waals surface area contributed by atoms with Crippen molar-refractivity contribution in [1.29, 1.82) is 0 Å². The number of allylic oxidation sites excluding steroid dienone is 2. The summed E-state index contributed by atoms with van der Waals surface area (Å²) in [4.78, 5) is 35.6. The van der Waals surface area contributed by atoms with Gasteiger partial charge in [-0.05, 0) is 53.2 Å². The van der Waals surface area contributed by atoms with E-state index in [2.05, 4.69) is 10.6 Å². The molecule has 3 rings (SSSR count). The Hall–Kier alpha value is -3.53. The number of nitrogens with one attached hydrogen (secondary N) is 2. The van der Waals surface area contributed by atoms with Crippen LogP contribution >= 0.6 is 11.8 Å². The second kappa shape index (κ2) is 9.73. The first-order chi connectivity index (χ1) is 15.2. The molecule has 0 aliphatic carbocycles. The molecule has 1 aliphatic heterocycles. The van der Waals surface area contributed by atoms with Gasteiger partial charge in [0.2, 0.25) is 0 Å². The second-order valence-corrected chi connectivity index (χ2v) is 7.59. The van der Waals surface area contributed by atoms with Crippen LogP contribution in [0.25, 0.3) is 6.08 Å². The normalized spacial score (nSPS) is 15.3. The van der Waals surface area contributed by atoms with Gasteiger partial charge in [-0.1, -0.05) is 30.4 Å². The number of alkyl halides is 3. The highest BCUT2D eigenvalue weighted by atomic mass is 32.2. The first-order valence-electron chi connectivity index (χ1n) is 9.21. The number of amides is 3. The number of ether oxygens (including phenoxy) is 1. The average molecular weight is 462 g/mol. The summed E-state index contributed by atoms with van der Waals surface area (Å²) >= 11 is 0.793. The summed E-state index contributed by atoms with van der Waals surface area (Å²) in [6.45, 7) is 0.0344. The Kier molecular flexibility index (Phi) is 7.04. The molecule has 6 nitrogen and oxygen atoms in total. The van der Waals surface area contributed by atoms with Crippen molar-refractivity contribution in [1.82, 2.24) is 10.6 Å². The summed E-state index contributed by atoms with van der Waals surface area (Å²) in [5.74, 6) is -0.615. The number of methoxy groups -OCH3 is 1. The lowest BCUT2D eigenvalue weighted by Gasteiger charge is -2.11. The van der Waals surface area contributed by atoms with Gasteiger partial charge in [-0.3, -0.25) is 19.7 Å². The van der Waals surface area contributed by atoms with Gasteiger partial charge in [0, 0.05) is 6.54 Å². The van der Waals surface area contributed by atoms with Gasteiger partial charge in [0.25, 0.3) is 17.1 Å². The fraction of sp³-hybridized carbons (Fsp3) is 0.136. The molecule has 1 aliphatic rings. The number of imide groups is 1. The van der Waals surface area contributed by atoms with Crippen LogP contribution in [0.1, 0.15) is 27.0 Å². The molecule has 166 valence electrons. The molecular weight excluding hydrogens is 445 g/mol. The van der Waals surface area contributed by atoms with Gasteiger partial charge in [-0.2, -0.15) is 13.2 Å². The third kappa shape index (κ3) is 5.79. The van der Waals surface area contributed by atoms with E-state index in [1.807, 2.05) is 0 Å². The van der Waals surface area contributed by atoms with E-state index in [4.69, 9.17) is 4.74 Å². The fourth-order valence-electron chi connectivity index (χ4n) is 2.78. The predicted octanol–water partition coefficient (Wildman–Crippen LogP) is 4.52.